The van der Waals surface area contributed by atoms with Crippen molar-refractivity contribution in [2.24, 2.45) is 0 Å². The van der Waals surface area contributed by atoms with Crippen LogP contribution in [0.25, 0.3) is 6.08 Å². The Balaban J connectivity index is 1.85. The van der Waals surface area contributed by atoms with Gasteiger partial charge in [-0.25, -0.2) is 4.79 Å². The van der Waals surface area contributed by atoms with E-state index in [1.807, 2.05) is 18.2 Å². The van der Waals surface area contributed by atoms with E-state index in [4.69, 9.17) is 9.47 Å². The van der Waals surface area contributed by atoms with Gasteiger partial charge in [0.25, 0.3) is 11.1 Å². The molecule has 3 rings (SSSR count). The minimum Gasteiger partial charge on any atom is -0.496 e. The first kappa shape index (κ1) is 20.2. The Morgan fingerprint density at radius 3 is 2.61 bits per heavy atom. The molecule has 1 atom stereocenters. The molecule has 0 aliphatic carbocycles. The Morgan fingerprint density at radius 1 is 1.25 bits per heavy atom. The average molecular weight is 406 g/mol. The third kappa shape index (κ3) is 4.00. The number of ether oxygens (including phenoxy) is 3. The van der Waals surface area contributed by atoms with E-state index in [2.05, 4.69) is 9.64 Å². The molecule has 2 heterocycles. The van der Waals surface area contributed by atoms with E-state index in [1.54, 1.807) is 13.2 Å². The zero-order valence-corrected chi connectivity index (χ0v) is 16.8. The maximum Gasteiger partial charge on any atom is 0.328 e. The number of benzene rings is 1. The van der Waals surface area contributed by atoms with Gasteiger partial charge < -0.3 is 19.1 Å². The van der Waals surface area contributed by atoms with Crippen LogP contribution in [0.5, 0.6) is 5.75 Å². The fourth-order valence-corrected chi connectivity index (χ4v) is 3.97. The van der Waals surface area contributed by atoms with Gasteiger partial charge >= 0.3 is 5.97 Å². The molecule has 2 aliphatic rings. The van der Waals surface area contributed by atoms with Crippen LogP contribution in [0.2, 0.25) is 0 Å². The highest BCUT2D eigenvalue weighted by atomic mass is 32.2. The van der Waals surface area contributed by atoms with Crippen molar-refractivity contribution >= 4 is 40.6 Å². The number of morpholine rings is 1. The lowest BCUT2D eigenvalue weighted by Gasteiger charge is -2.29. The van der Waals surface area contributed by atoms with Crippen LogP contribution in [0.3, 0.4) is 0 Å². The molecule has 150 valence electrons. The molecule has 0 radical (unpaired) electrons. The van der Waals surface area contributed by atoms with Crippen LogP contribution < -0.4 is 9.64 Å². The van der Waals surface area contributed by atoms with Crippen LogP contribution in [0.4, 0.5) is 10.5 Å². The summed E-state index contributed by atoms with van der Waals surface area (Å²) in [6.07, 6.45) is 1.61. The van der Waals surface area contributed by atoms with Crippen LogP contribution in [0, 0.1) is 0 Å². The highest BCUT2D eigenvalue weighted by Gasteiger charge is 2.41. The van der Waals surface area contributed by atoms with Crippen molar-refractivity contribution in [1.82, 2.24) is 4.90 Å². The summed E-state index contributed by atoms with van der Waals surface area (Å²) < 4.78 is 15.5. The Hall–Kier alpha value is -2.52. The number of rotatable bonds is 5. The molecular weight excluding hydrogens is 384 g/mol. The van der Waals surface area contributed by atoms with Gasteiger partial charge in [0.2, 0.25) is 0 Å². The topological polar surface area (TPSA) is 85.4 Å². The predicted octanol–water partition coefficient (Wildman–Crippen LogP) is 2.13. The van der Waals surface area contributed by atoms with Crippen molar-refractivity contribution < 1.29 is 28.6 Å². The van der Waals surface area contributed by atoms with Crippen molar-refractivity contribution in [3.05, 3.63) is 28.7 Å². The standard InChI is InChI=1S/C19H22N2O6S/c1-12(18(23)26-3)21-17(22)16(28-19(21)24)10-13-4-5-14(11-15(13)25-2)20-6-8-27-9-7-20/h4-5,10-12H,6-9H2,1-3H3/b16-10+/t12-/m1/s1. The Labute approximate surface area is 167 Å². The monoisotopic (exact) mass is 406 g/mol. The number of anilines is 1. The molecule has 1 aromatic carbocycles. The van der Waals surface area contributed by atoms with E-state index in [1.165, 1.54) is 14.0 Å². The summed E-state index contributed by atoms with van der Waals surface area (Å²) in [4.78, 5) is 39.9. The summed E-state index contributed by atoms with van der Waals surface area (Å²) in [6.45, 7) is 4.41. The predicted molar refractivity (Wildman–Crippen MR) is 105 cm³/mol. The van der Waals surface area contributed by atoms with Crippen LogP contribution in [0.1, 0.15) is 12.5 Å². The van der Waals surface area contributed by atoms with Gasteiger partial charge in [-0.3, -0.25) is 14.5 Å². The minimum absolute atomic E-state index is 0.234. The van der Waals surface area contributed by atoms with Gasteiger partial charge in [0.1, 0.15) is 11.8 Å². The highest BCUT2D eigenvalue weighted by molar-refractivity contribution is 8.18. The lowest BCUT2D eigenvalue weighted by molar-refractivity contribution is -0.148. The number of hydrogen-bond acceptors (Lipinski definition) is 8. The van der Waals surface area contributed by atoms with Crippen LogP contribution in [-0.2, 0) is 19.1 Å². The summed E-state index contributed by atoms with van der Waals surface area (Å²) >= 11 is 0.793. The van der Waals surface area contributed by atoms with Crippen molar-refractivity contribution in [2.45, 2.75) is 13.0 Å². The number of hydrogen-bond donors (Lipinski definition) is 0. The number of thioether (sulfide) groups is 1. The number of amides is 2. The van der Waals surface area contributed by atoms with E-state index in [0.29, 0.717) is 24.5 Å². The summed E-state index contributed by atoms with van der Waals surface area (Å²) in [5, 5.41) is -0.502. The molecule has 2 aliphatic heterocycles. The molecule has 2 amide bonds. The average Bonchev–Trinajstić information content (AvgIpc) is 3.00. The number of nitrogens with zero attached hydrogens (tertiary/aromatic N) is 2. The minimum atomic E-state index is -0.978. The maximum atomic E-state index is 12.6. The quantitative estimate of drug-likeness (QED) is 0.543. The number of imide groups is 1. The van der Waals surface area contributed by atoms with Gasteiger partial charge in [-0.05, 0) is 36.9 Å². The summed E-state index contributed by atoms with van der Waals surface area (Å²) in [5.74, 6) is -0.569. The lowest BCUT2D eigenvalue weighted by atomic mass is 10.1. The van der Waals surface area contributed by atoms with Crippen molar-refractivity contribution in [2.75, 3.05) is 45.4 Å². The second kappa shape index (κ2) is 8.66. The first-order chi connectivity index (χ1) is 13.5. The SMILES string of the molecule is COC(=O)[C@@H](C)N1C(=O)S/C(=C/c2ccc(N3CCOCC3)cc2OC)C1=O. The third-order valence-corrected chi connectivity index (χ3v) is 5.52. The second-order valence-corrected chi connectivity index (χ2v) is 7.27. The smallest absolute Gasteiger partial charge is 0.328 e. The normalized spacial score (nSPS) is 19.9. The third-order valence-electron chi connectivity index (χ3n) is 4.63. The number of methoxy groups -OCH3 is 2. The lowest BCUT2D eigenvalue weighted by Crippen LogP contribution is -2.42. The van der Waals surface area contributed by atoms with Gasteiger partial charge in [-0.1, -0.05) is 0 Å². The van der Waals surface area contributed by atoms with Gasteiger partial charge in [-0.15, -0.1) is 0 Å². The molecule has 0 spiro atoms. The molecule has 9 heteroatoms. The molecule has 0 aromatic heterocycles. The molecule has 28 heavy (non-hydrogen) atoms. The van der Waals surface area contributed by atoms with Gasteiger partial charge in [0.05, 0.1) is 32.3 Å². The van der Waals surface area contributed by atoms with Crippen LogP contribution in [-0.4, -0.2) is 68.6 Å². The first-order valence-electron chi connectivity index (χ1n) is 8.82. The molecule has 1 aromatic rings. The fourth-order valence-electron chi connectivity index (χ4n) is 3.07. The molecule has 2 saturated heterocycles. The molecular formula is C19H22N2O6S. The first-order valence-corrected chi connectivity index (χ1v) is 9.63. The molecule has 0 N–H and O–H groups in total. The summed E-state index contributed by atoms with van der Waals surface area (Å²) in [7, 11) is 2.77. The van der Waals surface area contributed by atoms with Crippen molar-refractivity contribution in [1.29, 1.82) is 0 Å². The molecule has 0 saturated carbocycles. The molecule has 0 unspecified atom stereocenters. The summed E-state index contributed by atoms with van der Waals surface area (Å²) in [5.41, 5.74) is 1.68. The molecule has 2 fully saturated rings. The van der Waals surface area contributed by atoms with E-state index < -0.39 is 23.2 Å². The Morgan fingerprint density at radius 2 is 1.96 bits per heavy atom. The van der Waals surface area contributed by atoms with E-state index in [9.17, 15) is 14.4 Å². The fraction of sp³-hybridized carbons (Fsp3) is 0.421. The highest BCUT2D eigenvalue weighted by Crippen LogP contribution is 2.36. The van der Waals surface area contributed by atoms with Gasteiger partial charge in [-0.2, -0.15) is 0 Å². The largest absolute Gasteiger partial charge is 0.496 e. The Bertz CT molecular complexity index is 819. The number of carbonyl (C=O) groups is 3. The van der Waals surface area contributed by atoms with Crippen LogP contribution in [0.15, 0.2) is 23.1 Å². The van der Waals surface area contributed by atoms with Crippen molar-refractivity contribution in [3.8, 4) is 5.75 Å². The maximum absolute atomic E-state index is 12.6. The zero-order chi connectivity index (χ0) is 20.3. The van der Waals surface area contributed by atoms with Gasteiger partial charge in [0, 0.05) is 30.4 Å². The van der Waals surface area contributed by atoms with Crippen LogP contribution >= 0.6 is 11.8 Å². The Kier molecular flexibility index (Phi) is 6.25. The number of esters is 1. The van der Waals surface area contributed by atoms with E-state index in [0.717, 1.165) is 35.4 Å². The summed E-state index contributed by atoms with van der Waals surface area (Å²) in [6, 6.07) is 4.72. The van der Waals surface area contributed by atoms with Gasteiger partial charge in [0.15, 0.2) is 0 Å². The van der Waals surface area contributed by atoms with Crippen molar-refractivity contribution in [3.63, 3.8) is 0 Å². The molecule has 8 nitrogen and oxygen atoms in total. The number of carbonyl (C=O) groups excluding carboxylic acids is 3. The second-order valence-electron chi connectivity index (χ2n) is 6.28. The van der Waals surface area contributed by atoms with E-state index in [-0.39, 0.29) is 4.91 Å². The van der Waals surface area contributed by atoms with E-state index >= 15 is 0 Å². The molecule has 0 bridgehead atoms. The zero-order valence-electron chi connectivity index (χ0n) is 16.0.